The van der Waals surface area contributed by atoms with Gasteiger partial charge in [0.05, 0.1) is 0 Å². The van der Waals surface area contributed by atoms with Crippen molar-refractivity contribution in [3.63, 3.8) is 0 Å². The van der Waals surface area contributed by atoms with Crippen LogP contribution in [-0.4, -0.2) is 32.1 Å². The van der Waals surface area contributed by atoms with Crippen LogP contribution in [0.4, 0.5) is 0 Å². The third-order valence-electron chi connectivity index (χ3n) is 3.43. The van der Waals surface area contributed by atoms with E-state index < -0.39 is 0 Å². The van der Waals surface area contributed by atoms with Crippen LogP contribution in [0, 0.1) is 0 Å². The van der Waals surface area contributed by atoms with E-state index in [0.717, 1.165) is 11.1 Å². The van der Waals surface area contributed by atoms with Crippen molar-refractivity contribution in [1.82, 2.24) is 10.6 Å². The van der Waals surface area contributed by atoms with Gasteiger partial charge in [-0.15, -0.1) is 0 Å². The van der Waals surface area contributed by atoms with Crippen LogP contribution in [0.3, 0.4) is 0 Å². The molecular weight excluding hydrogens is 276 g/mol. The van der Waals surface area contributed by atoms with Gasteiger partial charge in [0.2, 0.25) is 0 Å². The summed E-state index contributed by atoms with van der Waals surface area (Å²) in [4.78, 5) is 11.8. The smallest absolute Gasteiger partial charge is 0.257 e. The zero-order valence-electron chi connectivity index (χ0n) is 13.0. The van der Waals surface area contributed by atoms with Crippen molar-refractivity contribution in [2.45, 2.75) is 13.0 Å². The maximum atomic E-state index is 11.8. The van der Waals surface area contributed by atoms with Crippen molar-refractivity contribution in [1.29, 1.82) is 0 Å². The quantitative estimate of drug-likeness (QED) is 0.825. The molecule has 0 aromatic heterocycles. The van der Waals surface area contributed by atoms with Crippen LogP contribution in [0.15, 0.2) is 54.6 Å². The molecule has 0 fully saturated rings. The van der Waals surface area contributed by atoms with Crippen LogP contribution in [0.25, 0.3) is 11.1 Å². The van der Waals surface area contributed by atoms with E-state index in [0.29, 0.717) is 12.3 Å². The van der Waals surface area contributed by atoms with Crippen molar-refractivity contribution >= 4 is 5.91 Å². The molecule has 2 aromatic carbocycles. The van der Waals surface area contributed by atoms with E-state index in [-0.39, 0.29) is 18.6 Å². The molecule has 1 atom stereocenters. The van der Waals surface area contributed by atoms with Crippen molar-refractivity contribution in [2.24, 2.45) is 0 Å². The van der Waals surface area contributed by atoms with Gasteiger partial charge in [-0.1, -0.05) is 48.5 Å². The highest BCUT2D eigenvalue weighted by Crippen LogP contribution is 2.29. The lowest BCUT2D eigenvalue weighted by Gasteiger charge is -2.13. The number of likely N-dealkylation sites (N-methyl/N-ethyl adjacent to an activating group) is 1. The van der Waals surface area contributed by atoms with Gasteiger partial charge in [0.1, 0.15) is 5.75 Å². The van der Waals surface area contributed by atoms with E-state index >= 15 is 0 Å². The monoisotopic (exact) mass is 298 g/mol. The van der Waals surface area contributed by atoms with Crippen molar-refractivity contribution < 1.29 is 9.53 Å². The summed E-state index contributed by atoms with van der Waals surface area (Å²) < 4.78 is 5.69. The first-order valence-corrected chi connectivity index (χ1v) is 7.42. The summed E-state index contributed by atoms with van der Waals surface area (Å²) in [6.07, 6.45) is 0. The van der Waals surface area contributed by atoms with Gasteiger partial charge in [0, 0.05) is 18.2 Å². The number of nitrogens with one attached hydrogen (secondary N) is 2. The van der Waals surface area contributed by atoms with Gasteiger partial charge in [-0.2, -0.15) is 0 Å². The zero-order valence-corrected chi connectivity index (χ0v) is 13.0. The fourth-order valence-electron chi connectivity index (χ4n) is 2.01. The second kappa shape index (κ2) is 8.20. The zero-order chi connectivity index (χ0) is 15.8. The molecule has 116 valence electrons. The molecule has 0 aliphatic heterocycles. The molecule has 4 nitrogen and oxygen atoms in total. The summed E-state index contributed by atoms with van der Waals surface area (Å²) in [7, 11) is 1.86. The van der Waals surface area contributed by atoms with E-state index in [2.05, 4.69) is 10.6 Å². The third kappa shape index (κ3) is 4.60. The normalized spacial score (nSPS) is 11.7. The first kappa shape index (κ1) is 16.0. The van der Waals surface area contributed by atoms with Gasteiger partial charge in [0.15, 0.2) is 6.61 Å². The molecule has 0 saturated carbocycles. The number of para-hydroxylation sites is 1. The molecule has 4 heteroatoms. The largest absolute Gasteiger partial charge is 0.483 e. The lowest BCUT2D eigenvalue weighted by molar-refractivity contribution is -0.123. The van der Waals surface area contributed by atoms with Gasteiger partial charge >= 0.3 is 0 Å². The Morgan fingerprint density at radius 1 is 1.09 bits per heavy atom. The van der Waals surface area contributed by atoms with Crippen LogP contribution in [0.2, 0.25) is 0 Å². The molecule has 0 bridgehead atoms. The van der Waals surface area contributed by atoms with E-state index in [9.17, 15) is 4.79 Å². The second-order valence-corrected chi connectivity index (χ2v) is 5.14. The summed E-state index contributed by atoms with van der Waals surface area (Å²) >= 11 is 0. The lowest BCUT2D eigenvalue weighted by atomic mass is 10.1. The Bertz CT molecular complexity index is 599. The SMILES string of the molecule is CNC(C)CNC(=O)COc1ccccc1-c1ccccc1. The average molecular weight is 298 g/mol. The van der Waals surface area contributed by atoms with Gasteiger partial charge in [-0.25, -0.2) is 0 Å². The lowest BCUT2D eigenvalue weighted by Crippen LogP contribution is -2.39. The number of rotatable bonds is 7. The van der Waals surface area contributed by atoms with Crippen molar-refractivity contribution in [3.05, 3.63) is 54.6 Å². The summed E-state index contributed by atoms with van der Waals surface area (Å²) in [6.45, 7) is 2.60. The Kier molecular flexibility index (Phi) is 5.98. The van der Waals surface area contributed by atoms with Gasteiger partial charge in [-0.05, 0) is 25.6 Å². The maximum Gasteiger partial charge on any atom is 0.257 e. The molecule has 0 spiro atoms. The van der Waals surface area contributed by atoms with E-state index in [1.165, 1.54) is 0 Å². The molecule has 22 heavy (non-hydrogen) atoms. The van der Waals surface area contributed by atoms with Gasteiger partial charge in [0.25, 0.3) is 5.91 Å². The van der Waals surface area contributed by atoms with Crippen LogP contribution < -0.4 is 15.4 Å². The fraction of sp³-hybridized carbons (Fsp3) is 0.278. The molecule has 0 radical (unpaired) electrons. The number of carbonyl (C=O) groups excluding carboxylic acids is 1. The minimum absolute atomic E-state index is 0.0142. The standard InChI is InChI=1S/C18H22N2O2/c1-14(19-2)12-20-18(21)13-22-17-11-7-6-10-16(17)15-8-4-3-5-9-15/h3-11,14,19H,12-13H2,1-2H3,(H,20,21). The highest BCUT2D eigenvalue weighted by molar-refractivity contribution is 5.78. The molecule has 0 aliphatic rings. The summed E-state index contributed by atoms with van der Waals surface area (Å²) in [5.41, 5.74) is 2.06. The molecule has 1 amide bonds. The topological polar surface area (TPSA) is 50.4 Å². The Morgan fingerprint density at radius 2 is 1.77 bits per heavy atom. The summed E-state index contributed by atoms with van der Waals surface area (Å²) in [6, 6.07) is 18.0. The molecule has 2 N–H and O–H groups in total. The van der Waals surface area contributed by atoms with Crippen LogP contribution in [0.5, 0.6) is 5.75 Å². The average Bonchev–Trinajstić information content (AvgIpc) is 2.58. The summed E-state index contributed by atoms with van der Waals surface area (Å²) in [5.74, 6) is 0.593. The maximum absolute atomic E-state index is 11.8. The van der Waals surface area contributed by atoms with Gasteiger partial charge in [-0.3, -0.25) is 4.79 Å². The van der Waals surface area contributed by atoms with Gasteiger partial charge < -0.3 is 15.4 Å². The number of carbonyl (C=O) groups is 1. The number of amides is 1. The van der Waals surface area contributed by atoms with Crippen LogP contribution in [-0.2, 0) is 4.79 Å². The van der Waals surface area contributed by atoms with Crippen LogP contribution >= 0.6 is 0 Å². The molecule has 0 aliphatic carbocycles. The molecular formula is C18H22N2O2. The first-order chi connectivity index (χ1) is 10.7. The molecule has 2 aromatic rings. The molecule has 0 heterocycles. The third-order valence-corrected chi connectivity index (χ3v) is 3.43. The minimum atomic E-state index is -0.120. The van der Waals surface area contributed by atoms with E-state index in [1.54, 1.807) is 0 Å². The highest BCUT2D eigenvalue weighted by Gasteiger charge is 2.08. The Morgan fingerprint density at radius 3 is 2.50 bits per heavy atom. The fourth-order valence-corrected chi connectivity index (χ4v) is 2.01. The van der Waals surface area contributed by atoms with E-state index in [4.69, 9.17) is 4.74 Å². The first-order valence-electron chi connectivity index (χ1n) is 7.42. The predicted octanol–water partition coefficient (Wildman–Crippen LogP) is 2.46. The van der Waals surface area contributed by atoms with Crippen molar-refractivity contribution in [3.8, 4) is 16.9 Å². The Balaban J connectivity index is 1.98. The highest BCUT2D eigenvalue weighted by atomic mass is 16.5. The van der Waals surface area contributed by atoms with Crippen LogP contribution in [0.1, 0.15) is 6.92 Å². The number of hydrogen-bond donors (Lipinski definition) is 2. The minimum Gasteiger partial charge on any atom is -0.483 e. The molecule has 1 unspecified atom stereocenters. The number of ether oxygens (including phenoxy) is 1. The Hall–Kier alpha value is -2.33. The molecule has 0 saturated heterocycles. The number of hydrogen-bond acceptors (Lipinski definition) is 3. The van der Waals surface area contributed by atoms with E-state index in [1.807, 2.05) is 68.6 Å². The molecule has 2 rings (SSSR count). The second-order valence-electron chi connectivity index (χ2n) is 5.14. The summed E-state index contributed by atoms with van der Waals surface area (Å²) in [5, 5.41) is 5.91. The Labute approximate surface area is 131 Å². The van der Waals surface area contributed by atoms with Crippen molar-refractivity contribution in [2.75, 3.05) is 20.2 Å². The predicted molar refractivity (Wildman–Crippen MR) is 88.9 cm³/mol. The number of benzene rings is 2.